The molecular weight excluding hydrogens is 1290 g/mol. The molecule has 3 N–H and O–H groups in total. The van der Waals surface area contributed by atoms with Crippen LogP contribution >= 0.6 is 11.6 Å². The van der Waals surface area contributed by atoms with Crippen LogP contribution in [0.1, 0.15) is 116 Å². The van der Waals surface area contributed by atoms with Crippen molar-refractivity contribution in [3.05, 3.63) is 139 Å². The molecule has 12 rings (SSSR count). The smallest absolute Gasteiger partial charge is 0.322 e. The number of hydrogen-bond donors (Lipinski definition) is 3. The lowest BCUT2D eigenvalue weighted by Crippen LogP contribution is -2.45. The van der Waals surface area contributed by atoms with Gasteiger partial charge in [0.2, 0.25) is 0 Å². The van der Waals surface area contributed by atoms with Crippen LogP contribution in [0.15, 0.2) is 48.5 Å². The Hall–Kier alpha value is -9.41. The fraction of sp³-hybridized carbons (Fsp3) is 0.452. The molecule has 506 valence electrons. The van der Waals surface area contributed by atoms with Crippen molar-refractivity contribution in [2.45, 2.75) is 143 Å². The number of aryl methyl sites for hydroxylation is 4. The van der Waals surface area contributed by atoms with Gasteiger partial charge < -0.3 is 45.3 Å². The molecule has 9 heterocycles. The number of anilines is 3. The molecule has 6 aliphatic heterocycles. The lowest BCUT2D eigenvalue weighted by Gasteiger charge is -2.33. The van der Waals surface area contributed by atoms with E-state index in [0.29, 0.717) is 104 Å². The van der Waals surface area contributed by atoms with Gasteiger partial charge in [-0.1, -0.05) is 11.6 Å². The minimum Gasteiger partial charge on any atom is -0.332 e. The number of nitrogens with one attached hydrogen (secondary N) is 3. The molecule has 33 heteroatoms. The third-order valence-electron chi connectivity index (χ3n) is 17.2. The molecule has 3 aromatic heterocycles. The Morgan fingerprint density at radius 1 is 0.526 bits per heavy atom. The highest BCUT2D eigenvalue weighted by molar-refractivity contribution is 6.31. The number of urea groups is 3. The Bertz CT molecular complexity index is 4010. The summed E-state index contributed by atoms with van der Waals surface area (Å²) >= 11 is 5.68. The van der Waals surface area contributed by atoms with Gasteiger partial charge in [-0.15, -0.1) is 0 Å². The number of carbonyl (C=O) groups is 6. The van der Waals surface area contributed by atoms with Crippen LogP contribution in [0, 0.1) is 41.5 Å². The van der Waals surface area contributed by atoms with Crippen LogP contribution < -0.4 is 16.0 Å². The summed E-state index contributed by atoms with van der Waals surface area (Å²) in [7, 11) is 0. The number of benzene rings is 3. The SMILES string of the molecule is C[C@@H]1Cc2nn3c(c2CN1C(=O)Nc1cc(Cl)c(F)cc1F)C(=O)N(CC(F)F)CCC3.C[C@@H]1Cc2nn3c(c2CN1C(=O)Nc1ccc(F)c(C#N)c1)C(=O)N(CC(F)F)CCC3.Cc1cc(NC(=O)N2Cc3c(nn4c3C(=O)N(CC(F)F)CCC4)C[C@H]2C)ccc1F. The molecule has 0 bridgehead atoms. The fourth-order valence-corrected chi connectivity index (χ4v) is 12.6. The maximum atomic E-state index is 14.1. The summed E-state index contributed by atoms with van der Waals surface area (Å²) < 4.78 is 137. The van der Waals surface area contributed by atoms with Crippen LogP contribution in [0.4, 0.5) is 75.3 Å². The number of hydrogen-bond acceptors (Lipinski definition) is 10. The molecule has 0 saturated carbocycles. The number of aromatic nitrogens is 6. The molecular formula is C62H65ClF10N16O6. The Labute approximate surface area is 542 Å². The van der Waals surface area contributed by atoms with Crippen molar-refractivity contribution in [3.63, 3.8) is 0 Å². The van der Waals surface area contributed by atoms with Crippen molar-refractivity contribution >= 4 is 64.5 Å². The minimum atomic E-state index is -2.66. The Kier molecular flexibility index (Phi) is 20.7. The number of alkyl halides is 6. The number of carbonyl (C=O) groups excluding carboxylic acids is 6. The molecule has 3 atom stereocenters. The average molecular weight is 1360 g/mol. The molecule has 6 aliphatic rings. The van der Waals surface area contributed by atoms with Gasteiger partial charge >= 0.3 is 18.1 Å². The normalized spacial score (nSPS) is 18.4. The molecule has 0 radical (unpaired) electrons. The second-order valence-electron chi connectivity index (χ2n) is 23.8. The quantitative estimate of drug-likeness (QED) is 0.0915. The first-order chi connectivity index (χ1) is 45.2. The van der Waals surface area contributed by atoms with E-state index in [9.17, 15) is 72.7 Å². The third-order valence-corrected chi connectivity index (χ3v) is 17.5. The first-order valence-electron chi connectivity index (χ1n) is 30.5. The Morgan fingerprint density at radius 2 is 0.895 bits per heavy atom. The van der Waals surface area contributed by atoms with Crippen molar-refractivity contribution in [1.82, 2.24) is 58.7 Å². The Balaban J connectivity index is 0.000000155. The lowest BCUT2D eigenvalue weighted by atomic mass is 9.99. The summed E-state index contributed by atoms with van der Waals surface area (Å²) in [5, 5.41) is 30.0. The highest BCUT2D eigenvalue weighted by Crippen LogP contribution is 2.34. The third kappa shape index (κ3) is 14.9. The molecule has 0 unspecified atom stereocenters. The zero-order valence-corrected chi connectivity index (χ0v) is 52.5. The first-order valence-corrected chi connectivity index (χ1v) is 30.9. The molecule has 22 nitrogen and oxygen atoms in total. The summed E-state index contributed by atoms with van der Waals surface area (Å²) in [6, 6.07) is 8.98. The van der Waals surface area contributed by atoms with Crippen LogP contribution in [0.2, 0.25) is 5.02 Å². The maximum Gasteiger partial charge on any atom is 0.322 e. The standard InChI is InChI=1S/C21H21F3N6O2.C21H24F3N5O2.C20H20ClF4N5O2/c1-12-7-17-15(19-20(31)28(11-18(23)24)5-2-6-30(19)27-17)10-29(12)21(32)26-14-3-4-16(22)13(8-14)9-25;1-12-8-14(4-5-16(12)22)25-21(31)28-10-15-17(9-13(28)2)26-29-7-3-6-27(11-18(23)24)20(30)19(15)29;1-10-5-15-11(18-19(31)28(9-17(24)25)3-2-4-30(18)27-15)8-29(10)20(32)26-16-6-12(21)13(22)7-14(16)23/h3-4,8,12,18H,2,5-7,10-11H2,1H3,(H,26,32);4-5,8,13,18H,3,6-7,9-11H2,1-2H3,(H,25,31);6-7,10,17H,2-5,8-9H2,1H3,(H,26,32)/t12-;13-;10-/m111/s1. The van der Waals surface area contributed by atoms with Gasteiger partial charge in [0.25, 0.3) is 37.0 Å². The predicted molar refractivity (Wildman–Crippen MR) is 323 cm³/mol. The largest absolute Gasteiger partial charge is 0.332 e. The van der Waals surface area contributed by atoms with Crippen molar-refractivity contribution in [2.75, 3.05) is 55.2 Å². The number of nitriles is 1. The molecule has 9 amide bonds. The van der Waals surface area contributed by atoms with E-state index in [0.717, 1.165) is 32.5 Å². The van der Waals surface area contributed by atoms with Crippen molar-refractivity contribution in [2.24, 2.45) is 0 Å². The Morgan fingerprint density at radius 3 is 1.26 bits per heavy atom. The van der Waals surface area contributed by atoms with E-state index < -0.39 is 86.1 Å². The van der Waals surface area contributed by atoms with Crippen LogP contribution in [0.5, 0.6) is 0 Å². The van der Waals surface area contributed by atoms with E-state index >= 15 is 0 Å². The van der Waals surface area contributed by atoms with Crippen LogP contribution in [0.3, 0.4) is 0 Å². The van der Waals surface area contributed by atoms with E-state index in [2.05, 4.69) is 31.2 Å². The van der Waals surface area contributed by atoms with E-state index in [1.165, 1.54) is 38.7 Å². The number of nitrogens with zero attached hydrogens (tertiary/aromatic N) is 13. The van der Waals surface area contributed by atoms with Crippen molar-refractivity contribution in [1.29, 1.82) is 5.26 Å². The molecule has 0 fully saturated rings. The minimum absolute atomic E-state index is 0.0114. The number of halogens is 11. The van der Waals surface area contributed by atoms with Crippen LogP contribution in [-0.4, -0.2) is 171 Å². The molecule has 95 heavy (non-hydrogen) atoms. The lowest BCUT2D eigenvalue weighted by molar-refractivity contribution is 0.0556. The summed E-state index contributed by atoms with van der Waals surface area (Å²) in [6.45, 7) is 7.30. The van der Waals surface area contributed by atoms with E-state index in [-0.39, 0.29) is 108 Å². The van der Waals surface area contributed by atoms with Gasteiger partial charge in [-0.25, -0.2) is 58.3 Å². The molecule has 0 saturated heterocycles. The van der Waals surface area contributed by atoms with Crippen LogP contribution in [-0.2, 0) is 58.5 Å². The highest BCUT2D eigenvalue weighted by atomic mass is 35.5. The summed E-state index contributed by atoms with van der Waals surface area (Å²) in [6.07, 6.45) is -5.20. The molecule has 3 aromatic carbocycles. The van der Waals surface area contributed by atoms with Gasteiger partial charge in [0.05, 0.1) is 72.6 Å². The van der Waals surface area contributed by atoms with E-state index in [1.54, 1.807) is 40.2 Å². The summed E-state index contributed by atoms with van der Waals surface area (Å²) in [5.74, 6) is -4.52. The molecule has 0 aliphatic carbocycles. The second-order valence-corrected chi connectivity index (χ2v) is 24.2. The first kappa shape index (κ1) is 68.4. The van der Waals surface area contributed by atoms with E-state index in [4.69, 9.17) is 16.9 Å². The molecule has 0 spiro atoms. The summed E-state index contributed by atoms with van der Waals surface area (Å²) in [5.41, 5.74) is 5.07. The number of rotatable bonds is 9. The zero-order chi connectivity index (χ0) is 68.4. The van der Waals surface area contributed by atoms with Gasteiger partial charge in [-0.3, -0.25) is 28.4 Å². The average Bonchev–Trinajstić information content (AvgIpc) is 1.65. The van der Waals surface area contributed by atoms with E-state index in [1.807, 2.05) is 13.8 Å². The van der Waals surface area contributed by atoms with Crippen molar-refractivity contribution < 1.29 is 72.7 Å². The van der Waals surface area contributed by atoms with Gasteiger partial charge in [-0.2, -0.15) is 20.6 Å². The number of amides is 9. The predicted octanol–water partition coefficient (Wildman–Crippen LogP) is 10.3. The number of fused-ring (bicyclic) bond motifs is 9. The monoisotopic (exact) mass is 1350 g/mol. The second kappa shape index (κ2) is 28.7. The van der Waals surface area contributed by atoms with Crippen molar-refractivity contribution in [3.8, 4) is 6.07 Å². The van der Waals surface area contributed by atoms with Gasteiger partial charge in [0.15, 0.2) is 0 Å². The highest BCUT2D eigenvalue weighted by Gasteiger charge is 2.41. The summed E-state index contributed by atoms with van der Waals surface area (Å²) in [4.78, 5) is 85.6. The topological polar surface area (TPSA) is 235 Å². The maximum absolute atomic E-state index is 14.1. The van der Waals surface area contributed by atoms with Gasteiger partial charge in [0, 0.05) is 111 Å². The molecule has 6 aromatic rings. The fourth-order valence-electron chi connectivity index (χ4n) is 12.4. The zero-order valence-electron chi connectivity index (χ0n) is 51.7. The van der Waals surface area contributed by atoms with Crippen LogP contribution in [0.25, 0.3) is 0 Å². The van der Waals surface area contributed by atoms with Gasteiger partial charge in [0.1, 0.15) is 46.4 Å². The van der Waals surface area contributed by atoms with Gasteiger partial charge in [-0.05, 0) is 95.0 Å².